The van der Waals surface area contributed by atoms with Gasteiger partial charge in [-0.2, -0.15) is 9.97 Å². The summed E-state index contributed by atoms with van der Waals surface area (Å²) < 4.78 is 36.0. The number of nitrogens with one attached hydrogen (secondary N) is 1. The van der Waals surface area contributed by atoms with Crippen molar-refractivity contribution in [2.75, 3.05) is 50.9 Å². The lowest BCUT2D eigenvalue weighted by Gasteiger charge is -2.40. The second-order valence-electron chi connectivity index (χ2n) is 14.8. The van der Waals surface area contributed by atoms with Gasteiger partial charge in [-0.15, -0.1) is 6.42 Å². The number of aromatic nitrogens is 3. The SMILES string of the molecule is C#Cc1cccc2cc(O)cc(-c3nc4c5c(nc(OCC6(CN7CCOC8(CC8)C7)CC6)nc5c3F)N3C[C@H]5CC[C@H](N5)[C@H]3CO4)c12. The Bertz CT molecular complexity index is 2040. The molecular formula is C37H37FN6O4. The van der Waals surface area contributed by atoms with E-state index in [4.69, 9.17) is 35.6 Å². The van der Waals surface area contributed by atoms with Gasteiger partial charge in [0.2, 0.25) is 5.88 Å². The van der Waals surface area contributed by atoms with Crippen molar-refractivity contribution in [1.82, 2.24) is 25.2 Å². The zero-order valence-corrected chi connectivity index (χ0v) is 26.7. The van der Waals surface area contributed by atoms with E-state index < -0.39 is 5.82 Å². The molecule has 11 heteroatoms. The van der Waals surface area contributed by atoms with Crippen LogP contribution in [0, 0.1) is 23.6 Å². The average Bonchev–Trinajstić information content (AvgIpc) is 4.01. The Morgan fingerprint density at radius 3 is 2.85 bits per heavy atom. The summed E-state index contributed by atoms with van der Waals surface area (Å²) in [6.45, 7) is 5.19. The number of morpholine rings is 1. The zero-order chi connectivity index (χ0) is 32.2. The molecule has 2 aliphatic carbocycles. The molecule has 2 bridgehead atoms. The van der Waals surface area contributed by atoms with Gasteiger partial charge >= 0.3 is 6.01 Å². The molecule has 2 aromatic heterocycles. The van der Waals surface area contributed by atoms with Crippen LogP contribution in [-0.2, 0) is 4.74 Å². The Labute approximate surface area is 277 Å². The molecule has 0 unspecified atom stereocenters. The molecule has 4 aliphatic heterocycles. The fourth-order valence-electron chi connectivity index (χ4n) is 8.60. The molecule has 6 aliphatic rings. The van der Waals surface area contributed by atoms with Crippen molar-refractivity contribution in [2.45, 2.75) is 62.3 Å². The summed E-state index contributed by atoms with van der Waals surface area (Å²) >= 11 is 0. The van der Waals surface area contributed by atoms with Crippen LogP contribution in [0.25, 0.3) is 32.9 Å². The van der Waals surface area contributed by atoms with E-state index in [2.05, 4.69) is 21.0 Å². The Morgan fingerprint density at radius 1 is 1.12 bits per heavy atom. The van der Waals surface area contributed by atoms with E-state index in [0.717, 1.165) is 71.3 Å². The maximum absolute atomic E-state index is 17.1. The minimum Gasteiger partial charge on any atom is -0.508 e. The van der Waals surface area contributed by atoms with Crippen LogP contribution in [0.2, 0.25) is 0 Å². The molecule has 3 atom stereocenters. The fraction of sp³-hybridized carbons (Fsp3) is 0.486. The highest BCUT2D eigenvalue weighted by Crippen LogP contribution is 2.49. The van der Waals surface area contributed by atoms with Gasteiger partial charge in [-0.05, 0) is 62.1 Å². The number of ether oxygens (including phenoxy) is 3. The number of piperazine rings is 1. The van der Waals surface area contributed by atoms with Gasteiger partial charge in [-0.1, -0.05) is 18.1 Å². The number of hydrogen-bond acceptors (Lipinski definition) is 10. The second-order valence-corrected chi connectivity index (χ2v) is 14.8. The molecular weight excluding hydrogens is 611 g/mol. The molecule has 0 amide bonds. The fourth-order valence-corrected chi connectivity index (χ4v) is 8.60. The van der Waals surface area contributed by atoms with E-state index in [-0.39, 0.29) is 52.0 Å². The topological polar surface area (TPSA) is 105 Å². The quantitative estimate of drug-likeness (QED) is 0.293. The van der Waals surface area contributed by atoms with Crippen molar-refractivity contribution in [3.05, 3.63) is 41.7 Å². The summed E-state index contributed by atoms with van der Waals surface area (Å²) in [7, 11) is 0. The normalized spacial score (nSPS) is 26.2. The first-order valence-corrected chi connectivity index (χ1v) is 17.2. The molecule has 10 rings (SSSR count). The first-order chi connectivity index (χ1) is 23.4. The van der Waals surface area contributed by atoms with Crippen molar-refractivity contribution in [2.24, 2.45) is 5.41 Å². The van der Waals surface area contributed by atoms with Gasteiger partial charge in [-0.3, -0.25) is 4.90 Å². The monoisotopic (exact) mass is 648 g/mol. The van der Waals surface area contributed by atoms with Gasteiger partial charge in [-0.25, -0.2) is 9.37 Å². The number of phenols is 1. The van der Waals surface area contributed by atoms with Crippen molar-refractivity contribution in [3.63, 3.8) is 0 Å². The predicted molar refractivity (Wildman–Crippen MR) is 178 cm³/mol. The van der Waals surface area contributed by atoms with Gasteiger partial charge < -0.3 is 29.5 Å². The number of benzene rings is 2. The van der Waals surface area contributed by atoms with Crippen LogP contribution >= 0.6 is 0 Å². The minimum atomic E-state index is -0.634. The number of hydrogen-bond donors (Lipinski definition) is 2. The third-order valence-corrected chi connectivity index (χ3v) is 11.5. The highest BCUT2D eigenvalue weighted by molar-refractivity contribution is 6.04. The third kappa shape index (κ3) is 4.60. The summed E-state index contributed by atoms with van der Waals surface area (Å²) in [6.07, 6.45) is 12.4. The second kappa shape index (κ2) is 10.4. The zero-order valence-electron chi connectivity index (χ0n) is 26.7. The third-order valence-electron chi connectivity index (χ3n) is 11.5. The van der Waals surface area contributed by atoms with Gasteiger partial charge in [0, 0.05) is 60.2 Å². The molecule has 2 N–H and O–H groups in total. The first-order valence-electron chi connectivity index (χ1n) is 17.2. The average molecular weight is 649 g/mol. The minimum absolute atomic E-state index is 0.00380. The molecule has 4 aromatic rings. The molecule has 5 fully saturated rings. The van der Waals surface area contributed by atoms with E-state index in [1.54, 1.807) is 12.1 Å². The van der Waals surface area contributed by atoms with E-state index in [1.165, 1.54) is 6.07 Å². The number of fused-ring (bicyclic) bond motifs is 6. The largest absolute Gasteiger partial charge is 0.508 e. The summed E-state index contributed by atoms with van der Waals surface area (Å²) in [4.78, 5) is 19.3. The summed E-state index contributed by atoms with van der Waals surface area (Å²) in [5.41, 5.74) is 1.14. The Morgan fingerprint density at radius 2 is 2.02 bits per heavy atom. The lowest BCUT2D eigenvalue weighted by molar-refractivity contribution is -0.0532. The molecule has 2 aromatic carbocycles. The molecule has 2 saturated carbocycles. The highest BCUT2D eigenvalue weighted by atomic mass is 19.1. The molecule has 3 saturated heterocycles. The Balaban J connectivity index is 1.08. The molecule has 6 heterocycles. The lowest BCUT2D eigenvalue weighted by atomic mass is 9.96. The smallest absolute Gasteiger partial charge is 0.319 e. The van der Waals surface area contributed by atoms with Gasteiger partial charge in [0.05, 0.1) is 24.9 Å². The number of pyridine rings is 1. The number of anilines is 1. The van der Waals surface area contributed by atoms with E-state index in [0.29, 0.717) is 52.4 Å². The van der Waals surface area contributed by atoms with Crippen molar-refractivity contribution >= 4 is 27.5 Å². The predicted octanol–water partition coefficient (Wildman–Crippen LogP) is 4.40. The Hall–Kier alpha value is -4.24. The molecule has 0 radical (unpaired) electrons. The molecule has 1 spiro atoms. The summed E-state index contributed by atoms with van der Waals surface area (Å²) in [5, 5.41) is 16.2. The van der Waals surface area contributed by atoms with Crippen LogP contribution < -0.4 is 19.7 Å². The molecule has 10 nitrogen and oxygen atoms in total. The van der Waals surface area contributed by atoms with Crippen LogP contribution in [0.15, 0.2) is 30.3 Å². The number of halogens is 1. The van der Waals surface area contributed by atoms with Crippen molar-refractivity contribution in [3.8, 4) is 41.2 Å². The van der Waals surface area contributed by atoms with E-state index in [1.807, 2.05) is 12.1 Å². The standard InChI is InChI=1S/C37H37FN6O4/c1-2-21-4-3-5-22-14-24(45)15-25(28(21)22)31-30(38)32-29-33(44-16-23-6-7-26(39-23)27(44)17-46-34(29)40-31)42-35(41-32)47-20-36(8-9-36)18-43-12-13-48-37(19-43)10-11-37/h1,3-5,14-15,23,26-27,39,45H,6-13,16-20H2/t23-,26+,27-/m1/s1. The van der Waals surface area contributed by atoms with Crippen LogP contribution in [0.1, 0.15) is 44.1 Å². The number of phenolic OH excluding ortho intramolecular Hbond substituents is 1. The highest BCUT2D eigenvalue weighted by Gasteiger charge is 2.51. The van der Waals surface area contributed by atoms with Gasteiger partial charge in [0.25, 0.3) is 0 Å². The summed E-state index contributed by atoms with van der Waals surface area (Å²) in [6, 6.07) is 9.27. The van der Waals surface area contributed by atoms with Gasteiger partial charge in [0.15, 0.2) is 5.82 Å². The van der Waals surface area contributed by atoms with Crippen LogP contribution in [-0.4, -0.2) is 94.7 Å². The maximum atomic E-state index is 17.1. The van der Waals surface area contributed by atoms with Crippen molar-refractivity contribution in [1.29, 1.82) is 0 Å². The number of terminal acetylenes is 1. The van der Waals surface area contributed by atoms with E-state index in [9.17, 15) is 5.11 Å². The van der Waals surface area contributed by atoms with Crippen molar-refractivity contribution < 1.29 is 23.7 Å². The molecule has 48 heavy (non-hydrogen) atoms. The first kappa shape index (κ1) is 28.7. The summed E-state index contributed by atoms with van der Waals surface area (Å²) in [5.74, 6) is 2.93. The Kier molecular flexibility index (Phi) is 6.22. The lowest BCUT2D eigenvalue weighted by Crippen LogP contribution is -2.60. The van der Waals surface area contributed by atoms with E-state index >= 15 is 4.39 Å². The van der Waals surface area contributed by atoms with Gasteiger partial charge in [0.1, 0.15) is 34.8 Å². The van der Waals surface area contributed by atoms with Crippen LogP contribution in [0.5, 0.6) is 17.6 Å². The van der Waals surface area contributed by atoms with Crippen LogP contribution in [0.4, 0.5) is 10.2 Å². The maximum Gasteiger partial charge on any atom is 0.319 e. The number of aromatic hydroxyl groups is 1. The van der Waals surface area contributed by atoms with Crippen LogP contribution in [0.3, 0.4) is 0 Å². The number of rotatable bonds is 6. The molecule has 246 valence electrons. The number of nitrogens with zero attached hydrogens (tertiary/aromatic N) is 5.